The molecule has 6 rings (SSSR count). The second-order valence-electron chi connectivity index (χ2n) is 13.8. The SMILES string of the molecule is COc1cc(C)c(S(=O)(=O)N2c3ccccc3C[C@H]2COc2ccnc(C(N)CCCN3CCC(c4ccccc4)(N(C)C)CC3)n2)c(C)c1. The van der Waals surface area contributed by atoms with Crippen LogP contribution in [0.2, 0.25) is 0 Å². The predicted octanol–water partition coefficient (Wildman–Crippen LogP) is 5.63. The third-order valence-corrected chi connectivity index (χ3v) is 12.6. The Morgan fingerprint density at radius 1 is 1.00 bits per heavy atom. The third kappa shape index (κ3) is 7.23. The summed E-state index contributed by atoms with van der Waals surface area (Å²) in [5.41, 5.74) is 11.0. The summed E-state index contributed by atoms with van der Waals surface area (Å²) in [6.07, 6.45) is 6.05. The van der Waals surface area contributed by atoms with E-state index in [0.717, 1.165) is 50.9 Å². The first-order valence-corrected chi connectivity index (χ1v) is 18.9. The number of methoxy groups -OCH3 is 1. The van der Waals surface area contributed by atoms with Crippen LogP contribution in [0.25, 0.3) is 0 Å². The number of sulfonamides is 1. The van der Waals surface area contributed by atoms with E-state index in [1.807, 2.05) is 24.3 Å². The first-order chi connectivity index (χ1) is 24.0. The van der Waals surface area contributed by atoms with Gasteiger partial charge >= 0.3 is 0 Å². The average Bonchev–Trinajstić information content (AvgIpc) is 3.50. The molecule has 0 amide bonds. The van der Waals surface area contributed by atoms with Gasteiger partial charge in [0.1, 0.15) is 18.2 Å². The maximum Gasteiger partial charge on any atom is 0.265 e. The van der Waals surface area contributed by atoms with E-state index < -0.39 is 16.1 Å². The fraction of sp³-hybridized carbons (Fsp3) is 0.436. The zero-order chi connectivity index (χ0) is 35.5. The van der Waals surface area contributed by atoms with E-state index in [9.17, 15) is 8.42 Å². The van der Waals surface area contributed by atoms with Crippen LogP contribution in [0.5, 0.6) is 11.6 Å². The quantitative estimate of drug-likeness (QED) is 0.190. The predicted molar refractivity (Wildman–Crippen MR) is 197 cm³/mol. The molecule has 2 atom stereocenters. The van der Waals surface area contributed by atoms with Crippen molar-refractivity contribution in [1.29, 1.82) is 0 Å². The molecule has 2 N–H and O–H groups in total. The highest BCUT2D eigenvalue weighted by molar-refractivity contribution is 7.93. The molecule has 1 unspecified atom stereocenters. The molecule has 0 aliphatic carbocycles. The van der Waals surface area contributed by atoms with Gasteiger partial charge in [-0.3, -0.25) is 9.21 Å². The van der Waals surface area contributed by atoms with Crippen molar-refractivity contribution >= 4 is 15.7 Å². The largest absolute Gasteiger partial charge is 0.497 e. The molecule has 0 spiro atoms. The summed E-state index contributed by atoms with van der Waals surface area (Å²) in [5, 5.41) is 0. The first kappa shape index (κ1) is 35.8. The Morgan fingerprint density at radius 2 is 1.68 bits per heavy atom. The number of piperidine rings is 1. The average molecular weight is 699 g/mol. The molecule has 3 heterocycles. The second-order valence-corrected chi connectivity index (χ2v) is 15.6. The number of likely N-dealkylation sites (tertiary alicyclic amines) is 1. The van der Waals surface area contributed by atoms with E-state index in [0.29, 0.717) is 40.7 Å². The topological polar surface area (TPSA) is 114 Å². The number of hydrogen-bond acceptors (Lipinski definition) is 9. The summed E-state index contributed by atoms with van der Waals surface area (Å²) < 4.78 is 41.8. The number of aromatic nitrogens is 2. The van der Waals surface area contributed by atoms with Gasteiger partial charge in [0.15, 0.2) is 0 Å². The zero-order valence-electron chi connectivity index (χ0n) is 29.9. The van der Waals surface area contributed by atoms with E-state index in [-0.39, 0.29) is 23.1 Å². The van der Waals surface area contributed by atoms with Crippen molar-refractivity contribution in [3.05, 3.63) is 107 Å². The lowest BCUT2D eigenvalue weighted by Crippen LogP contribution is -2.50. The number of nitrogens with two attached hydrogens (primary N) is 1. The number of nitrogens with zero attached hydrogens (tertiary/aromatic N) is 5. The molecule has 11 heteroatoms. The molecule has 50 heavy (non-hydrogen) atoms. The van der Waals surface area contributed by atoms with Crippen LogP contribution in [0.3, 0.4) is 0 Å². The van der Waals surface area contributed by atoms with E-state index in [2.05, 4.69) is 64.2 Å². The molecular formula is C39H50N6O4S. The van der Waals surface area contributed by atoms with Crippen molar-refractivity contribution in [3.8, 4) is 11.6 Å². The fourth-order valence-corrected chi connectivity index (χ4v) is 9.86. The summed E-state index contributed by atoms with van der Waals surface area (Å²) >= 11 is 0. The van der Waals surface area contributed by atoms with Gasteiger partial charge in [0.2, 0.25) is 5.88 Å². The number of fused-ring (bicyclic) bond motifs is 1. The Balaban J connectivity index is 1.07. The number of para-hydroxylation sites is 1. The minimum Gasteiger partial charge on any atom is -0.497 e. The monoisotopic (exact) mass is 698 g/mol. The first-order valence-electron chi connectivity index (χ1n) is 17.5. The van der Waals surface area contributed by atoms with Crippen LogP contribution >= 0.6 is 0 Å². The number of anilines is 1. The molecule has 1 fully saturated rings. The Kier molecular flexibility index (Phi) is 10.8. The van der Waals surface area contributed by atoms with Crippen molar-refractivity contribution < 1.29 is 17.9 Å². The van der Waals surface area contributed by atoms with Crippen LogP contribution in [0, 0.1) is 13.8 Å². The van der Waals surface area contributed by atoms with Crippen LogP contribution in [0.4, 0.5) is 5.69 Å². The summed E-state index contributed by atoms with van der Waals surface area (Å²) in [6, 6.07) is 22.9. The molecule has 1 saturated heterocycles. The van der Waals surface area contributed by atoms with Crippen LogP contribution < -0.4 is 19.5 Å². The third-order valence-electron chi connectivity index (χ3n) is 10.4. The number of benzene rings is 3. The van der Waals surface area contributed by atoms with Crippen molar-refractivity contribution in [3.63, 3.8) is 0 Å². The zero-order valence-corrected chi connectivity index (χ0v) is 30.7. The number of ether oxygens (including phenoxy) is 2. The lowest BCUT2D eigenvalue weighted by Gasteiger charge is -2.46. The lowest BCUT2D eigenvalue weighted by atomic mass is 9.80. The highest BCUT2D eigenvalue weighted by Gasteiger charge is 2.41. The molecule has 0 radical (unpaired) electrons. The molecular weight excluding hydrogens is 649 g/mol. The van der Waals surface area contributed by atoms with Crippen LogP contribution in [0.1, 0.15) is 59.8 Å². The van der Waals surface area contributed by atoms with Gasteiger partial charge in [-0.15, -0.1) is 0 Å². The fourth-order valence-electron chi connectivity index (χ4n) is 7.77. The number of aryl methyl sites for hydroxylation is 2. The lowest BCUT2D eigenvalue weighted by molar-refractivity contribution is 0.0530. The van der Waals surface area contributed by atoms with Crippen molar-refractivity contribution in [2.75, 3.05) is 51.8 Å². The Hall–Kier alpha value is -4.03. The maximum absolute atomic E-state index is 14.3. The molecule has 0 saturated carbocycles. The highest BCUT2D eigenvalue weighted by atomic mass is 32.2. The second kappa shape index (κ2) is 15.1. The molecule has 4 aromatic rings. The number of rotatable bonds is 13. The molecule has 2 aliphatic rings. The molecule has 1 aromatic heterocycles. The van der Waals surface area contributed by atoms with Crippen LogP contribution in [0.15, 0.2) is 83.9 Å². The molecule has 266 valence electrons. The summed E-state index contributed by atoms with van der Waals surface area (Å²) in [4.78, 5) is 14.3. The van der Waals surface area contributed by atoms with Gasteiger partial charge in [-0.1, -0.05) is 48.5 Å². The van der Waals surface area contributed by atoms with E-state index in [1.165, 1.54) is 9.87 Å². The van der Waals surface area contributed by atoms with Crippen LogP contribution in [-0.4, -0.2) is 81.7 Å². The van der Waals surface area contributed by atoms with E-state index >= 15 is 0 Å². The van der Waals surface area contributed by atoms with Crippen molar-refractivity contribution in [2.24, 2.45) is 5.73 Å². The van der Waals surface area contributed by atoms with Crippen molar-refractivity contribution in [1.82, 2.24) is 19.8 Å². The Labute approximate surface area is 297 Å². The van der Waals surface area contributed by atoms with Crippen LogP contribution in [-0.2, 0) is 22.0 Å². The summed E-state index contributed by atoms with van der Waals surface area (Å²) in [7, 11) is 2.04. The van der Waals surface area contributed by atoms with Gasteiger partial charge in [-0.05, 0) is 107 Å². The molecule has 3 aromatic carbocycles. The van der Waals surface area contributed by atoms with E-state index in [4.69, 9.17) is 15.2 Å². The van der Waals surface area contributed by atoms with Gasteiger partial charge < -0.3 is 20.1 Å². The van der Waals surface area contributed by atoms with Crippen molar-refractivity contribution in [2.45, 2.75) is 68.5 Å². The smallest absolute Gasteiger partial charge is 0.265 e. The molecule has 0 bridgehead atoms. The standard InChI is InChI=1S/C39H50N6O4S/c1-28-24-33(48-5)25-29(2)37(28)50(46,47)45-32(26-30-12-9-10-16-35(30)45)27-49-36-17-20-41-38(42-36)34(40)15-11-21-44-22-18-39(19-23-44,43(3)4)31-13-7-6-8-14-31/h6-10,12-14,16-17,20,24-25,32,34H,11,15,18-19,21-23,26-27,40H2,1-5H3/t32-,34?/m0/s1. The molecule has 2 aliphatic heterocycles. The van der Waals surface area contributed by atoms with E-state index in [1.54, 1.807) is 45.4 Å². The Morgan fingerprint density at radius 3 is 2.36 bits per heavy atom. The minimum absolute atomic E-state index is 0.0680. The van der Waals surface area contributed by atoms with Gasteiger partial charge in [-0.2, -0.15) is 4.98 Å². The van der Waals surface area contributed by atoms with Gasteiger partial charge in [0, 0.05) is 30.9 Å². The molecule has 10 nitrogen and oxygen atoms in total. The summed E-state index contributed by atoms with van der Waals surface area (Å²) in [5.74, 6) is 1.54. The Bertz CT molecular complexity index is 1860. The highest BCUT2D eigenvalue weighted by Crippen LogP contribution is 2.40. The normalized spacial score (nSPS) is 18.2. The minimum atomic E-state index is -3.92. The van der Waals surface area contributed by atoms with Gasteiger partial charge in [-0.25, -0.2) is 13.4 Å². The number of hydrogen-bond donors (Lipinski definition) is 1. The van der Waals surface area contributed by atoms with Gasteiger partial charge in [0.05, 0.1) is 29.8 Å². The summed E-state index contributed by atoms with van der Waals surface area (Å²) in [6.45, 7) is 6.78. The maximum atomic E-state index is 14.3. The van der Waals surface area contributed by atoms with Gasteiger partial charge in [0.25, 0.3) is 10.0 Å².